The third kappa shape index (κ3) is 6.68. The van der Waals surface area contributed by atoms with Crippen molar-refractivity contribution in [2.75, 3.05) is 0 Å². The minimum Gasteiger partial charge on any atom is -0.403 e. The molecule has 24 heavy (non-hydrogen) atoms. The highest BCUT2D eigenvalue weighted by molar-refractivity contribution is 6.83. The van der Waals surface area contributed by atoms with E-state index < -0.39 is 8.07 Å². The second-order valence-electron chi connectivity index (χ2n) is 9.42. The lowest BCUT2D eigenvalue weighted by molar-refractivity contribution is 0.00578. The zero-order valence-corrected chi connectivity index (χ0v) is 18.6. The minimum absolute atomic E-state index is 0.0918. The fourth-order valence-electron chi connectivity index (χ4n) is 3.18. The van der Waals surface area contributed by atoms with E-state index in [1.807, 2.05) is 0 Å². The maximum absolute atomic E-state index is 6.15. The number of hydrogen-bond acceptors (Lipinski definition) is 2. The number of rotatable bonds is 10. The van der Waals surface area contributed by atoms with Crippen LogP contribution in [0.4, 0.5) is 0 Å². The molecular weight excluding hydrogens is 311 g/mol. The second kappa shape index (κ2) is 9.05. The molecule has 0 bridgehead atoms. The summed E-state index contributed by atoms with van der Waals surface area (Å²) in [4.78, 5) is 0. The SMILES string of the molecule is CCCCCCCC/C(=C/CB1OC(C)(C)C(C)(C)O1)[Si](C)(C)C. The summed E-state index contributed by atoms with van der Waals surface area (Å²) in [5, 5.41) is 1.69. The molecule has 0 aliphatic carbocycles. The van der Waals surface area contributed by atoms with Crippen LogP contribution in [0.5, 0.6) is 0 Å². The van der Waals surface area contributed by atoms with Crippen LogP contribution in [0.3, 0.4) is 0 Å². The summed E-state index contributed by atoms with van der Waals surface area (Å²) in [6, 6.07) is 0. The van der Waals surface area contributed by atoms with E-state index in [1.54, 1.807) is 5.20 Å². The van der Waals surface area contributed by atoms with Gasteiger partial charge in [0.15, 0.2) is 0 Å². The van der Waals surface area contributed by atoms with E-state index in [9.17, 15) is 0 Å². The molecule has 1 saturated heterocycles. The first kappa shape index (κ1) is 22.0. The van der Waals surface area contributed by atoms with Crippen molar-refractivity contribution >= 4 is 15.2 Å². The molecule has 0 spiro atoms. The summed E-state index contributed by atoms with van der Waals surface area (Å²) < 4.78 is 12.3. The van der Waals surface area contributed by atoms with Gasteiger partial charge in [-0.15, -0.1) is 0 Å². The molecule has 0 atom stereocenters. The summed E-state index contributed by atoms with van der Waals surface area (Å²) in [7, 11) is -1.35. The first-order chi connectivity index (χ1) is 11.0. The van der Waals surface area contributed by atoms with E-state index in [-0.39, 0.29) is 18.3 Å². The molecule has 4 heteroatoms. The standard InChI is InChI=1S/C20H41BO2Si/c1-9-10-11-12-13-14-15-18(24(6,7)8)16-17-21-22-19(2,3)20(4,5)23-21/h16H,9-15,17H2,1-8H3/b18-16-. The Kier molecular flexibility index (Phi) is 8.29. The van der Waals surface area contributed by atoms with Gasteiger partial charge in [-0.25, -0.2) is 0 Å². The van der Waals surface area contributed by atoms with Gasteiger partial charge >= 0.3 is 7.12 Å². The van der Waals surface area contributed by atoms with Gasteiger partial charge in [-0.3, -0.25) is 0 Å². The third-order valence-electron chi connectivity index (χ3n) is 5.62. The third-order valence-corrected chi connectivity index (χ3v) is 8.00. The quantitative estimate of drug-likeness (QED) is 0.324. The smallest absolute Gasteiger partial charge is 0.403 e. The molecule has 0 aromatic carbocycles. The molecule has 0 N–H and O–H groups in total. The molecule has 2 nitrogen and oxygen atoms in total. The Hall–Kier alpha value is -0.0582. The highest BCUT2D eigenvalue weighted by atomic mass is 28.3. The number of allylic oxidation sites excluding steroid dienone is 2. The molecule has 1 fully saturated rings. The van der Waals surface area contributed by atoms with E-state index >= 15 is 0 Å². The number of hydrogen-bond donors (Lipinski definition) is 0. The van der Waals surface area contributed by atoms with E-state index in [1.165, 1.54) is 44.9 Å². The first-order valence-electron chi connectivity index (χ1n) is 10.0. The van der Waals surface area contributed by atoms with E-state index in [2.05, 4.69) is 60.3 Å². The van der Waals surface area contributed by atoms with Gasteiger partial charge in [-0.2, -0.15) is 0 Å². The monoisotopic (exact) mass is 352 g/mol. The fraction of sp³-hybridized carbons (Fsp3) is 0.900. The van der Waals surface area contributed by atoms with Crippen molar-refractivity contribution < 1.29 is 9.31 Å². The molecule has 0 saturated carbocycles. The lowest BCUT2D eigenvalue weighted by atomic mass is 9.84. The molecular formula is C20H41BO2Si. The second-order valence-corrected chi connectivity index (χ2v) is 14.6. The lowest BCUT2D eigenvalue weighted by Crippen LogP contribution is -2.41. The maximum atomic E-state index is 6.15. The molecule has 0 radical (unpaired) electrons. The Morgan fingerprint density at radius 3 is 1.88 bits per heavy atom. The molecule has 0 aromatic rings. The summed E-state index contributed by atoms with van der Waals surface area (Å²) in [5.74, 6) is 0. The molecule has 0 amide bonds. The molecule has 0 aromatic heterocycles. The van der Waals surface area contributed by atoms with Crippen LogP contribution in [-0.2, 0) is 9.31 Å². The van der Waals surface area contributed by atoms with Gasteiger partial charge in [-0.05, 0) is 40.5 Å². The van der Waals surface area contributed by atoms with Gasteiger partial charge in [-0.1, -0.05) is 69.9 Å². The van der Waals surface area contributed by atoms with Crippen LogP contribution in [0.2, 0.25) is 26.0 Å². The summed E-state index contributed by atoms with van der Waals surface area (Å²) in [6.07, 6.45) is 12.8. The molecule has 0 unspecified atom stereocenters. The van der Waals surface area contributed by atoms with Crippen molar-refractivity contribution in [2.24, 2.45) is 0 Å². The lowest BCUT2D eigenvalue weighted by Gasteiger charge is -2.32. The van der Waals surface area contributed by atoms with Crippen LogP contribution in [0.25, 0.3) is 0 Å². The minimum atomic E-state index is -1.26. The molecule has 140 valence electrons. The van der Waals surface area contributed by atoms with Gasteiger partial charge in [0.05, 0.1) is 19.3 Å². The van der Waals surface area contributed by atoms with Crippen LogP contribution >= 0.6 is 0 Å². The highest BCUT2D eigenvalue weighted by Gasteiger charge is 2.50. The van der Waals surface area contributed by atoms with Gasteiger partial charge in [0.1, 0.15) is 0 Å². The Balaban J connectivity index is 2.52. The van der Waals surface area contributed by atoms with Gasteiger partial charge in [0.25, 0.3) is 0 Å². The van der Waals surface area contributed by atoms with Crippen LogP contribution in [0, 0.1) is 0 Å². The van der Waals surface area contributed by atoms with Gasteiger partial charge < -0.3 is 9.31 Å². The summed E-state index contributed by atoms with van der Waals surface area (Å²) in [6.45, 7) is 18.2. The Labute approximate surface area is 152 Å². The average Bonchev–Trinajstić information content (AvgIpc) is 2.63. The normalized spacial score (nSPS) is 20.7. The molecule has 1 rings (SSSR count). The van der Waals surface area contributed by atoms with Crippen LogP contribution in [0.15, 0.2) is 11.3 Å². The van der Waals surface area contributed by atoms with E-state index in [0.29, 0.717) is 0 Å². The summed E-state index contributed by atoms with van der Waals surface area (Å²) >= 11 is 0. The van der Waals surface area contributed by atoms with Gasteiger partial charge in [0.2, 0.25) is 0 Å². The Morgan fingerprint density at radius 2 is 1.38 bits per heavy atom. The molecule has 1 aliphatic heterocycles. The average molecular weight is 352 g/mol. The van der Waals surface area contributed by atoms with E-state index in [0.717, 1.165) is 6.32 Å². The Morgan fingerprint density at radius 1 is 0.875 bits per heavy atom. The van der Waals surface area contributed by atoms with Crippen molar-refractivity contribution in [3.05, 3.63) is 11.3 Å². The van der Waals surface area contributed by atoms with Crippen molar-refractivity contribution in [1.82, 2.24) is 0 Å². The summed E-state index contributed by atoms with van der Waals surface area (Å²) in [5.41, 5.74) is -0.436. The van der Waals surface area contributed by atoms with Crippen molar-refractivity contribution in [1.29, 1.82) is 0 Å². The largest absolute Gasteiger partial charge is 0.461 e. The predicted molar refractivity (Wildman–Crippen MR) is 110 cm³/mol. The molecule has 1 aliphatic rings. The van der Waals surface area contributed by atoms with Gasteiger partial charge in [0, 0.05) is 6.32 Å². The maximum Gasteiger partial charge on any atom is 0.461 e. The van der Waals surface area contributed by atoms with Crippen LogP contribution in [0.1, 0.15) is 79.6 Å². The highest BCUT2D eigenvalue weighted by Crippen LogP contribution is 2.38. The van der Waals surface area contributed by atoms with Crippen molar-refractivity contribution in [3.63, 3.8) is 0 Å². The number of unbranched alkanes of at least 4 members (excludes halogenated alkanes) is 5. The van der Waals surface area contributed by atoms with Crippen molar-refractivity contribution in [3.8, 4) is 0 Å². The zero-order valence-electron chi connectivity index (χ0n) is 17.6. The predicted octanol–water partition coefficient (Wildman–Crippen LogP) is 6.63. The fourth-order valence-corrected chi connectivity index (χ4v) is 4.84. The topological polar surface area (TPSA) is 18.5 Å². The molecule has 1 heterocycles. The zero-order chi connectivity index (χ0) is 18.4. The van der Waals surface area contributed by atoms with Crippen LogP contribution in [-0.4, -0.2) is 26.4 Å². The van der Waals surface area contributed by atoms with E-state index in [4.69, 9.17) is 9.31 Å². The first-order valence-corrected chi connectivity index (χ1v) is 13.5. The Bertz CT molecular complexity index is 394. The van der Waals surface area contributed by atoms with Crippen LogP contribution < -0.4 is 0 Å². The van der Waals surface area contributed by atoms with Crippen molar-refractivity contribution in [2.45, 2.75) is 117 Å².